The summed E-state index contributed by atoms with van der Waals surface area (Å²) in [4.78, 5) is 2.31. The lowest BCUT2D eigenvalue weighted by molar-refractivity contribution is 0.669. The Balaban J connectivity index is 1.13. The summed E-state index contributed by atoms with van der Waals surface area (Å²) in [6.07, 6.45) is 0. The van der Waals surface area contributed by atoms with Gasteiger partial charge in [0.05, 0.1) is 11.0 Å². The van der Waals surface area contributed by atoms with Crippen LogP contribution >= 0.6 is 0 Å². The van der Waals surface area contributed by atoms with Gasteiger partial charge in [-0.1, -0.05) is 109 Å². The molecule has 0 radical (unpaired) electrons. The summed E-state index contributed by atoms with van der Waals surface area (Å²) in [6, 6.07) is 64.9. The number of aromatic nitrogens is 1. The van der Waals surface area contributed by atoms with Gasteiger partial charge in [0.15, 0.2) is 0 Å². The fraction of sp³-hybridized carbons (Fsp3) is 0. The molecule has 0 N–H and O–H groups in total. The first-order valence-corrected chi connectivity index (χ1v) is 16.7. The molecule has 3 nitrogen and oxygen atoms in total. The number of rotatable bonds is 5. The van der Waals surface area contributed by atoms with E-state index in [1.54, 1.807) is 0 Å². The van der Waals surface area contributed by atoms with Crippen molar-refractivity contribution in [2.75, 3.05) is 4.90 Å². The van der Waals surface area contributed by atoms with Crippen LogP contribution in [0.4, 0.5) is 17.1 Å². The zero-order chi connectivity index (χ0) is 32.3. The lowest BCUT2D eigenvalue weighted by atomic mass is 10.0. The highest BCUT2D eigenvalue weighted by molar-refractivity contribution is 6.19. The summed E-state index contributed by atoms with van der Waals surface area (Å²) in [5.74, 6) is 0. The second kappa shape index (κ2) is 11.0. The molecule has 10 aromatic rings. The van der Waals surface area contributed by atoms with E-state index in [9.17, 15) is 0 Å². The van der Waals surface area contributed by atoms with E-state index in [0.717, 1.165) is 44.7 Å². The van der Waals surface area contributed by atoms with Crippen molar-refractivity contribution in [2.45, 2.75) is 0 Å². The number of hydrogen-bond donors (Lipinski definition) is 0. The summed E-state index contributed by atoms with van der Waals surface area (Å²) in [6.45, 7) is 0. The number of furan rings is 1. The maximum Gasteiger partial charge on any atom is 0.137 e. The standard InChI is InChI=1S/C46H30N2O/c1-2-10-31(11-3-1)32-18-21-34(22-19-32)47(37-27-28-41-45(30-37)49-44-29-20-33-12-4-5-13-38(33)46(41)44)35-23-25-36(26-24-35)48-42-16-8-6-14-39(42)40-15-7-9-17-43(40)48/h1-30H. The van der Waals surface area contributed by atoms with E-state index in [0.29, 0.717) is 0 Å². The van der Waals surface area contributed by atoms with E-state index in [4.69, 9.17) is 4.42 Å². The third-order valence-electron chi connectivity index (χ3n) is 9.78. The van der Waals surface area contributed by atoms with Gasteiger partial charge in [-0.3, -0.25) is 0 Å². The molecule has 10 rings (SSSR count). The van der Waals surface area contributed by atoms with Gasteiger partial charge in [-0.25, -0.2) is 0 Å². The van der Waals surface area contributed by atoms with E-state index in [1.165, 1.54) is 43.7 Å². The monoisotopic (exact) mass is 626 g/mol. The van der Waals surface area contributed by atoms with Gasteiger partial charge in [0.25, 0.3) is 0 Å². The SMILES string of the molecule is c1ccc(-c2ccc(N(c3ccc(-n4c5ccccc5c5ccccc54)cc3)c3ccc4c(c3)oc3ccc5ccccc5c34)cc2)cc1. The predicted molar refractivity (Wildman–Crippen MR) is 206 cm³/mol. The Morgan fingerprint density at radius 3 is 1.67 bits per heavy atom. The molecular weight excluding hydrogens is 597 g/mol. The number of fused-ring (bicyclic) bond motifs is 8. The fourth-order valence-corrected chi connectivity index (χ4v) is 7.51. The molecule has 0 atom stereocenters. The first-order chi connectivity index (χ1) is 24.3. The fourth-order valence-electron chi connectivity index (χ4n) is 7.51. The third kappa shape index (κ3) is 4.44. The quantitative estimate of drug-likeness (QED) is 0.190. The molecule has 0 aliphatic carbocycles. The Hall–Kier alpha value is -6.58. The zero-order valence-electron chi connectivity index (χ0n) is 26.6. The molecule has 0 spiro atoms. The van der Waals surface area contributed by atoms with E-state index in [1.807, 2.05) is 0 Å². The van der Waals surface area contributed by atoms with Crippen LogP contribution in [0.3, 0.4) is 0 Å². The van der Waals surface area contributed by atoms with Crippen LogP contribution in [-0.2, 0) is 0 Å². The Labute approximate surface area is 283 Å². The normalized spacial score (nSPS) is 11.7. The van der Waals surface area contributed by atoms with Crippen LogP contribution in [0.15, 0.2) is 186 Å². The molecular formula is C46H30N2O. The number of hydrogen-bond acceptors (Lipinski definition) is 2. The largest absolute Gasteiger partial charge is 0.456 e. The summed E-state index contributed by atoms with van der Waals surface area (Å²) in [5, 5.41) is 7.22. The molecule has 0 aliphatic rings. The summed E-state index contributed by atoms with van der Waals surface area (Å²) in [5.41, 5.74) is 10.9. The summed E-state index contributed by atoms with van der Waals surface area (Å²) >= 11 is 0. The summed E-state index contributed by atoms with van der Waals surface area (Å²) < 4.78 is 8.88. The van der Waals surface area contributed by atoms with Gasteiger partial charge in [0.2, 0.25) is 0 Å². The molecule has 0 aliphatic heterocycles. The molecule has 230 valence electrons. The first-order valence-electron chi connectivity index (χ1n) is 16.7. The lowest BCUT2D eigenvalue weighted by Crippen LogP contribution is -2.10. The molecule has 0 saturated heterocycles. The van der Waals surface area contributed by atoms with Gasteiger partial charge in [0.1, 0.15) is 11.2 Å². The number of para-hydroxylation sites is 2. The average molecular weight is 627 g/mol. The van der Waals surface area contributed by atoms with E-state index < -0.39 is 0 Å². The summed E-state index contributed by atoms with van der Waals surface area (Å²) in [7, 11) is 0. The van der Waals surface area contributed by atoms with Gasteiger partial charge in [-0.2, -0.15) is 0 Å². The van der Waals surface area contributed by atoms with Crippen molar-refractivity contribution < 1.29 is 4.42 Å². The molecule has 0 unspecified atom stereocenters. The lowest BCUT2D eigenvalue weighted by Gasteiger charge is -2.26. The topological polar surface area (TPSA) is 21.3 Å². The van der Waals surface area contributed by atoms with E-state index in [-0.39, 0.29) is 0 Å². The van der Waals surface area contributed by atoms with Crippen molar-refractivity contribution in [1.29, 1.82) is 0 Å². The highest BCUT2D eigenvalue weighted by Crippen LogP contribution is 2.41. The molecule has 2 aromatic heterocycles. The Morgan fingerprint density at radius 2 is 0.959 bits per heavy atom. The molecule has 0 amide bonds. The minimum Gasteiger partial charge on any atom is -0.456 e. The van der Waals surface area contributed by atoms with E-state index >= 15 is 0 Å². The van der Waals surface area contributed by atoms with Crippen LogP contribution in [0, 0.1) is 0 Å². The van der Waals surface area contributed by atoms with Crippen LogP contribution < -0.4 is 4.90 Å². The predicted octanol–water partition coefficient (Wildman–Crippen LogP) is 13.0. The maximum absolute atomic E-state index is 6.52. The van der Waals surface area contributed by atoms with E-state index in [2.05, 4.69) is 191 Å². The zero-order valence-corrected chi connectivity index (χ0v) is 26.6. The van der Waals surface area contributed by atoms with Gasteiger partial charge >= 0.3 is 0 Å². The second-order valence-electron chi connectivity index (χ2n) is 12.6. The molecule has 0 saturated carbocycles. The molecule has 2 heterocycles. The third-order valence-corrected chi connectivity index (χ3v) is 9.78. The number of benzene rings is 8. The molecule has 0 bridgehead atoms. The average Bonchev–Trinajstić information content (AvgIpc) is 3.72. The Kier molecular flexibility index (Phi) is 6.18. The molecule has 8 aromatic carbocycles. The van der Waals surface area contributed by atoms with Crippen molar-refractivity contribution in [2.24, 2.45) is 0 Å². The van der Waals surface area contributed by atoms with Gasteiger partial charge < -0.3 is 13.9 Å². The number of anilines is 3. The van der Waals surface area contributed by atoms with Gasteiger partial charge in [-0.15, -0.1) is 0 Å². The maximum atomic E-state index is 6.52. The van der Waals surface area contributed by atoms with Crippen molar-refractivity contribution in [3.05, 3.63) is 182 Å². The van der Waals surface area contributed by atoms with Crippen molar-refractivity contribution in [3.8, 4) is 16.8 Å². The Bertz CT molecular complexity index is 2750. The van der Waals surface area contributed by atoms with Crippen molar-refractivity contribution in [1.82, 2.24) is 4.57 Å². The van der Waals surface area contributed by atoms with Crippen LogP contribution in [0.1, 0.15) is 0 Å². The molecule has 49 heavy (non-hydrogen) atoms. The van der Waals surface area contributed by atoms with Crippen LogP contribution in [0.5, 0.6) is 0 Å². The first kappa shape index (κ1) is 27.5. The number of nitrogens with zero attached hydrogens (tertiary/aromatic N) is 2. The van der Waals surface area contributed by atoms with Crippen molar-refractivity contribution >= 4 is 71.6 Å². The highest BCUT2D eigenvalue weighted by atomic mass is 16.3. The van der Waals surface area contributed by atoms with Crippen LogP contribution in [-0.4, -0.2) is 4.57 Å². The highest BCUT2D eigenvalue weighted by Gasteiger charge is 2.18. The Morgan fingerprint density at radius 1 is 0.388 bits per heavy atom. The minimum atomic E-state index is 0.872. The minimum absolute atomic E-state index is 0.872. The second-order valence-corrected chi connectivity index (χ2v) is 12.6. The molecule has 0 fully saturated rings. The molecule has 3 heteroatoms. The van der Waals surface area contributed by atoms with Crippen molar-refractivity contribution in [3.63, 3.8) is 0 Å². The van der Waals surface area contributed by atoms with Gasteiger partial charge in [-0.05, 0) is 88.6 Å². The van der Waals surface area contributed by atoms with Gasteiger partial charge in [0, 0.05) is 50.4 Å². The van der Waals surface area contributed by atoms with Crippen LogP contribution in [0.25, 0.3) is 71.3 Å². The van der Waals surface area contributed by atoms with Crippen LogP contribution in [0.2, 0.25) is 0 Å². The smallest absolute Gasteiger partial charge is 0.137 e.